The van der Waals surface area contributed by atoms with Crippen molar-refractivity contribution in [2.75, 3.05) is 6.61 Å². The molecule has 2 aromatic heterocycles. The first kappa shape index (κ1) is 20.9. The third kappa shape index (κ3) is 3.65. The van der Waals surface area contributed by atoms with Crippen molar-refractivity contribution in [1.29, 1.82) is 0 Å². The van der Waals surface area contributed by atoms with Crippen molar-refractivity contribution >= 4 is 44.7 Å². The first-order chi connectivity index (χ1) is 17.2. The quantitative estimate of drug-likeness (QED) is 0.310. The number of fused-ring (bicyclic) bond motifs is 4. The molecule has 0 unspecified atom stereocenters. The maximum atomic E-state index is 13.2. The number of rotatable bonds is 5. The lowest BCUT2D eigenvalue weighted by Crippen LogP contribution is -2.15. The molecule has 0 aliphatic rings. The zero-order valence-electron chi connectivity index (χ0n) is 18.8. The highest BCUT2D eigenvalue weighted by Gasteiger charge is 2.19. The highest BCUT2D eigenvalue weighted by atomic mass is 16.5. The van der Waals surface area contributed by atoms with E-state index in [0.29, 0.717) is 17.0 Å². The predicted octanol–water partition coefficient (Wildman–Crippen LogP) is 6.23. The molecule has 6 heteroatoms. The van der Waals surface area contributed by atoms with Crippen molar-refractivity contribution in [2.45, 2.75) is 6.42 Å². The van der Waals surface area contributed by atoms with Gasteiger partial charge in [0.1, 0.15) is 12.4 Å². The summed E-state index contributed by atoms with van der Waals surface area (Å²) in [6.07, 6.45) is 0.0706. The van der Waals surface area contributed by atoms with Crippen molar-refractivity contribution in [1.82, 2.24) is 14.5 Å². The summed E-state index contributed by atoms with van der Waals surface area (Å²) in [5.74, 6) is -0.0167. The summed E-state index contributed by atoms with van der Waals surface area (Å²) in [4.78, 5) is 34.0. The maximum absolute atomic E-state index is 13.2. The number of carbonyl (C=O) groups is 2. The molecule has 2 heterocycles. The number of esters is 1. The fourth-order valence-corrected chi connectivity index (χ4v) is 4.56. The first-order valence-electron chi connectivity index (χ1n) is 11.4. The molecule has 0 spiro atoms. The number of carbonyl (C=O) groups excluding carboxylic acids is 2. The van der Waals surface area contributed by atoms with Crippen LogP contribution >= 0.6 is 0 Å². The summed E-state index contributed by atoms with van der Waals surface area (Å²) in [6, 6.07) is 30.5. The van der Waals surface area contributed by atoms with Gasteiger partial charge in [0, 0.05) is 16.3 Å². The van der Waals surface area contributed by atoms with Crippen LogP contribution in [-0.4, -0.2) is 33.0 Å². The Labute approximate surface area is 200 Å². The monoisotopic (exact) mass is 459 g/mol. The van der Waals surface area contributed by atoms with Crippen LogP contribution < -0.4 is 0 Å². The molecule has 6 nitrogen and oxygen atoms in total. The van der Waals surface area contributed by atoms with Crippen LogP contribution in [0.5, 0.6) is 0 Å². The van der Waals surface area contributed by atoms with Gasteiger partial charge in [-0.3, -0.25) is 9.36 Å². The molecule has 0 aliphatic carbocycles. The SMILES string of the molecule is O=C(OCCC(=O)n1c2ccccc2c2ccccc21)c1ccccc1-c1nc2ccccc2[nH]1. The Hall–Kier alpha value is -4.71. The molecule has 0 aliphatic heterocycles. The summed E-state index contributed by atoms with van der Waals surface area (Å²) in [5.41, 5.74) is 4.46. The number of ether oxygens (including phenoxy) is 1. The molecule has 4 aromatic carbocycles. The van der Waals surface area contributed by atoms with Gasteiger partial charge >= 0.3 is 5.97 Å². The summed E-state index contributed by atoms with van der Waals surface area (Å²) >= 11 is 0. The Morgan fingerprint density at radius 3 is 2.14 bits per heavy atom. The predicted molar refractivity (Wildman–Crippen MR) is 136 cm³/mol. The van der Waals surface area contributed by atoms with Crippen molar-refractivity contribution < 1.29 is 14.3 Å². The molecule has 0 fully saturated rings. The van der Waals surface area contributed by atoms with E-state index in [-0.39, 0.29) is 18.9 Å². The third-order valence-corrected chi connectivity index (χ3v) is 6.17. The van der Waals surface area contributed by atoms with Gasteiger partial charge < -0.3 is 9.72 Å². The largest absolute Gasteiger partial charge is 0.462 e. The van der Waals surface area contributed by atoms with E-state index in [1.807, 2.05) is 84.9 Å². The fraction of sp³-hybridized carbons (Fsp3) is 0.0690. The Balaban J connectivity index is 1.22. The molecule has 0 amide bonds. The average Bonchev–Trinajstić information content (AvgIpc) is 3.48. The van der Waals surface area contributed by atoms with Gasteiger partial charge in [-0.25, -0.2) is 9.78 Å². The summed E-state index contributed by atoms with van der Waals surface area (Å²) < 4.78 is 7.25. The van der Waals surface area contributed by atoms with E-state index in [9.17, 15) is 9.59 Å². The standard InChI is InChI=1S/C29H21N3O3/c33-27(32-25-15-7-3-9-19(25)20-10-4-8-16-26(20)32)17-18-35-29(34)22-12-2-1-11-21(22)28-30-23-13-5-6-14-24(23)31-28/h1-16H,17-18H2,(H,30,31). The zero-order chi connectivity index (χ0) is 23.8. The smallest absolute Gasteiger partial charge is 0.338 e. The third-order valence-electron chi connectivity index (χ3n) is 6.17. The van der Waals surface area contributed by atoms with Crippen molar-refractivity contribution in [3.05, 3.63) is 103 Å². The minimum Gasteiger partial charge on any atom is -0.462 e. The summed E-state index contributed by atoms with van der Waals surface area (Å²) in [6.45, 7) is -0.0209. The molecule has 0 radical (unpaired) electrons. The second kappa shape index (κ2) is 8.57. The van der Waals surface area contributed by atoms with Gasteiger partial charge in [0.05, 0.1) is 34.1 Å². The van der Waals surface area contributed by atoms with Gasteiger partial charge in [0.2, 0.25) is 5.91 Å². The van der Waals surface area contributed by atoms with Crippen LogP contribution in [0.4, 0.5) is 0 Å². The van der Waals surface area contributed by atoms with E-state index in [1.165, 1.54) is 0 Å². The number of benzene rings is 4. The Morgan fingerprint density at radius 2 is 1.40 bits per heavy atom. The molecule has 0 bridgehead atoms. The first-order valence-corrected chi connectivity index (χ1v) is 11.4. The molecule has 0 saturated heterocycles. The number of aromatic nitrogens is 3. The van der Waals surface area contributed by atoms with E-state index in [0.717, 1.165) is 32.8 Å². The number of hydrogen-bond donors (Lipinski definition) is 1. The van der Waals surface area contributed by atoms with Crippen molar-refractivity contribution in [2.24, 2.45) is 0 Å². The number of H-pyrrole nitrogens is 1. The van der Waals surface area contributed by atoms with E-state index in [2.05, 4.69) is 9.97 Å². The Bertz CT molecular complexity index is 1640. The molecular weight excluding hydrogens is 438 g/mol. The Morgan fingerprint density at radius 1 is 0.771 bits per heavy atom. The van der Waals surface area contributed by atoms with E-state index in [1.54, 1.807) is 16.7 Å². The second-order valence-electron chi connectivity index (χ2n) is 8.30. The molecule has 35 heavy (non-hydrogen) atoms. The number of nitrogens with one attached hydrogen (secondary N) is 1. The lowest BCUT2D eigenvalue weighted by molar-refractivity contribution is 0.0491. The van der Waals surface area contributed by atoms with Gasteiger partial charge in [0.25, 0.3) is 0 Å². The van der Waals surface area contributed by atoms with Gasteiger partial charge in [-0.15, -0.1) is 0 Å². The molecule has 170 valence electrons. The van der Waals surface area contributed by atoms with Crippen LogP contribution in [-0.2, 0) is 4.74 Å². The fourth-order valence-electron chi connectivity index (χ4n) is 4.56. The number of imidazole rings is 1. The van der Waals surface area contributed by atoms with Crippen LogP contribution in [0, 0.1) is 0 Å². The van der Waals surface area contributed by atoms with E-state index in [4.69, 9.17) is 4.74 Å². The molecule has 6 rings (SSSR count). The second-order valence-corrected chi connectivity index (χ2v) is 8.30. The number of para-hydroxylation sites is 4. The minimum absolute atomic E-state index is 0.0209. The van der Waals surface area contributed by atoms with Gasteiger partial charge in [-0.1, -0.05) is 66.7 Å². The number of hydrogen-bond acceptors (Lipinski definition) is 4. The number of aromatic amines is 1. The number of nitrogens with zero attached hydrogens (tertiary/aromatic N) is 2. The van der Waals surface area contributed by atoms with Gasteiger partial charge in [-0.2, -0.15) is 0 Å². The highest BCUT2D eigenvalue weighted by Crippen LogP contribution is 2.29. The van der Waals surface area contributed by atoms with Gasteiger partial charge in [-0.05, 0) is 30.3 Å². The maximum Gasteiger partial charge on any atom is 0.338 e. The zero-order valence-corrected chi connectivity index (χ0v) is 18.8. The van der Waals surface area contributed by atoms with Crippen molar-refractivity contribution in [3.8, 4) is 11.4 Å². The molecule has 0 atom stereocenters. The summed E-state index contributed by atoms with van der Waals surface area (Å²) in [7, 11) is 0. The molecule has 0 saturated carbocycles. The van der Waals surface area contributed by atoms with Crippen LogP contribution in [0.2, 0.25) is 0 Å². The molecule has 6 aromatic rings. The summed E-state index contributed by atoms with van der Waals surface area (Å²) in [5, 5.41) is 2.04. The highest BCUT2D eigenvalue weighted by molar-refractivity contribution is 6.13. The lowest BCUT2D eigenvalue weighted by Gasteiger charge is -2.09. The topological polar surface area (TPSA) is 77.0 Å². The van der Waals surface area contributed by atoms with E-state index >= 15 is 0 Å². The van der Waals surface area contributed by atoms with Crippen LogP contribution in [0.1, 0.15) is 21.6 Å². The average molecular weight is 460 g/mol. The lowest BCUT2D eigenvalue weighted by atomic mass is 10.1. The normalized spacial score (nSPS) is 11.3. The van der Waals surface area contributed by atoms with Gasteiger partial charge in [0.15, 0.2) is 0 Å². The molecule has 1 N–H and O–H groups in total. The van der Waals surface area contributed by atoms with Crippen LogP contribution in [0.25, 0.3) is 44.2 Å². The Kier molecular flexibility index (Phi) is 5.11. The minimum atomic E-state index is -0.490. The van der Waals surface area contributed by atoms with Crippen LogP contribution in [0.3, 0.4) is 0 Å². The molecular formula is C29H21N3O3. The van der Waals surface area contributed by atoms with E-state index < -0.39 is 5.97 Å². The van der Waals surface area contributed by atoms with Crippen molar-refractivity contribution in [3.63, 3.8) is 0 Å². The van der Waals surface area contributed by atoms with Crippen LogP contribution in [0.15, 0.2) is 97.1 Å².